The summed E-state index contributed by atoms with van der Waals surface area (Å²) >= 11 is 0. The highest BCUT2D eigenvalue weighted by molar-refractivity contribution is 5.55. The molecule has 0 radical (unpaired) electrons. The summed E-state index contributed by atoms with van der Waals surface area (Å²) in [4.78, 5) is 11.4. The molecule has 0 N–H and O–H groups in total. The molecule has 0 aliphatic carbocycles. The van der Waals surface area contributed by atoms with Gasteiger partial charge in [-0.25, -0.2) is 0 Å². The second-order valence-corrected chi connectivity index (χ2v) is 7.55. The van der Waals surface area contributed by atoms with E-state index in [4.69, 9.17) is 0 Å². The fourth-order valence-electron chi connectivity index (χ4n) is 3.12. The van der Waals surface area contributed by atoms with Crippen molar-refractivity contribution < 1.29 is 4.79 Å². The smallest absolute Gasteiger partial charge is 0.123 e. The lowest BCUT2D eigenvalue weighted by atomic mass is 9.74. The van der Waals surface area contributed by atoms with E-state index in [0.29, 0.717) is 5.92 Å². The second-order valence-electron chi connectivity index (χ2n) is 7.55. The standard InChI is InChI=1S/C23H36O/c1-6-8-10-21(22-13-11-19(3)12-14-22)15-17-23(5,16-9-7-2)20(4)18-24/h11-15,17-18,20-21H,6-10,16H2,1-5H3/b17-15+/t20-,21-,23-/m0/s1. The van der Waals surface area contributed by atoms with E-state index in [0.717, 1.165) is 12.7 Å². The van der Waals surface area contributed by atoms with E-state index in [2.05, 4.69) is 71.0 Å². The van der Waals surface area contributed by atoms with Crippen LogP contribution in [0, 0.1) is 18.3 Å². The zero-order valence-electron chi connectivity index (χ0n) is 16.3. The number of aryl methyl sites for hydroxylation is 1. The molecule has 1 rings (SSSR count). The summed E-state index contributed by atoms with van der Waals surface area (Å²) in [6, 6.07) is 8.91. The van der Waals surface area contributed by atoms with Gasteiger partial charge in [0.1, 0.15) is 6.29 Å². The van der Waals surface area contributed by atoms with Crippen LogP contribution >= 0.6 is 0 Å². The average Bonchev–Trinajstić information content (AvgIpc) is 2.60. The molecule has 24 heavy (non-hydrogen) atoms. The number of allylic oxidation sites excluding steroid dienone is 2. The molecule has 0 aliphatic heterocycles. The molecule has 3 atom stereocenters. The van der Waals surface area contributed by atoms with Crippen molar-refractivity contribution in [2.24, 2.45) is 11.3 Å². The molecular formula is C23H36O. The van der Waals surface area contributed by atoms with Gasteiger partial charge in [-0.15, -0.1) is 0 Å². The maximum Gasteiger partial charge on any atom is 0.123 e. The Morgan fingerprint density at radius 3 is 2.25 bits per heavy atom. The number of unbranched alkanes of at least 4 members (excludes halogenated alkanes) is 2. The zero-order chi connectivity index (χ0) is 18.0. The highest BCUT2D eigenvalue weighted by Gasteiger charge is 2.27. The van der Waals surface area contributed by atoms with E-state index in [1.165, 1.54) is 43.2 Å². The average molecular weight is 329 g/mol. The van der Waals surface area contributed by atoms with Gasteiger partial charge < -0.3 is 4.79 Å². The fraction of sp³-hybridized carbons (Fsp3) is 0.609. The van der Waals surface area contributed by atoms with Gasteiger partial charge in [0, 0.05) is 11.8 Å². The van der Waals surface area contributed by atoms with Gasteiger partial charge in [0.2, 0.25) is 0 Å². The molecule has 0 unspecified atom stereocenters. The minimum atomic E-state index is -0.0348. The normalized spacial score (nSPS) is 16.7. The van der Waals surface area contributed by atoms with Crippen molar-refractivity contribution in [3.63, 3.8) is 0 Å². The topological polar surface area (TPSA) is 17.1 Å². The number of aldehydes is 1. The van der Waals surface area contributed by atoms with E-state index in [1.807, 2.05) is 0 Å². The van der Waals surface area contributed by atoms with Gasteiger partial charge in [-0.2, -0.15) is 0 Å². The van der Waals surface area contributed by atoms with Crippen molar-refractivity contribution in [3.05, 3.63) is 47.5 Å². The van der Waals surface area contributed by atoms with E-state index in [-0.39, 0.29) is 11.3 Å². The Morgan fingerprint density at radius 1 is 1.08 bits per heavy atom. The lowest BCUT2D eigenvalue weighted by Gasteiger charge is -2.30. The van der Waals surface area contributed by atoms with Crippen molar-refractivity contribution in [2.75, 3.05) is 0 Å². The van der Waals surface area contributed by atoms with E-state index >= 15 is 0 Å². The molecule has 0 bridgehead atoms. The van der Waals surface area contributed by atoms with Gasteiger partial charge in [-0.3, -0.25) is 0 Å². The van der Waals surface area contributed by atoms with E-state index in [1.54, 1.807) is 0 Å². The Bertz CT molecular complexity index is 499. The Hall–Kier alpha value is -1.37. The van der Waals surface area contributed by atoms with Crippen LogP contribution in [0.2, 0.25) is 0 Å². The van der Waals surface area contributed by atoms with Gasteiger partial charge in [0.25, 0.3) is 0 Å². The van der Waals surface area contributed by atoms with E-state index in [9.17, 15) is 4.79 Å². The first-order chi connectivity index (χ1) is 11.5. The minimum absolute atomic E-state index is 0.0348. The Kier molecular flexibility index (Phi) is 9.03. The minimum Gasteiger partial charge on any atom is -0.303 e. The first-order valence-corrected chi connectivity index (χ1v) is 9.68. The monoisotopic (exact) mass is 328 g/mol. The van der Waals surface area contributed by atoms with E-state index < -0.39 is 0 Å². The fourth-order valence-corrected chi connectivity index (χ4v) is 3.12. The number of rotatable bonds is 11. The molecule has 0 spiro atoms. The first-order valence-electron chi connectivity index (χ1n) is 9.68. The Morgan fingerprint density at radius 2 is 1.71 bits per heavy atom. The summed E-state index contributed by atoms with van der Waals surface area (Å²) < 4.78 is 0. The first kappa shape index (κ1) is 20.7. The van der Waals surface area contributed by atoms with Crippen molar-refractivity contribution >= 4 is 6.29 Å². The maximum atomic E-state index is 11.4. The van der Waals surface area contributed by atoms with Crippen LogP contribution in [0.3, 0.4) is 0 Å². The molecule has 1 aromatic rings. The number of hydrogen-bond acceptors (Lipinski definition) is 1. The van der Waals surface area contributed by atoms with Crippen LogP contribution in [0.15, 0.2) is 36.4 Å². The van der Waals surface area contributed by atoms with Gasteiger partial charge in [-0.1, -0.05) is 95.4 Å². The van der Waals surface area contributed by atoms with Gasteiger partial charge in [0.05, 0.1) is 0 Å². The molecule has 0 aliphatic rings. The van der Waals surface area contributed by atoms with Gasteiger partial charge in [-0.05, 0) is 30.7 Å². The third-order valence-electron chi connectivity index (χ3n) is 5.40. The van der Waals surface area contributed by atoms with Crippen LogP contribution in [0.1, 0.15) is 83.3 Å². The molecule has 0 fully saturated rings. The third-order valence-corrected chi connectivity index (χ3v) is 5.40. The predicted octanol–water partition coefficient (Wildman–Crippen LogP) is 6.86. The molecule has 0 saturated heterocycles. The van der Waals surface area contributed by atoms with Crippen LogP contribution in [0.4, 0.5) is 0 Å². The van der Waals surface area contributed by atoms with Gasteiger partial charge in [0.15, 0.2) is 0 Å². The number of benzene rings is 1. The quantitative estimate of drug-likeness (QED) is 0.320. The summed E-state index contributed by atoms with van der Waals surface area (Å²) in [6.07, 6.45) is 12.9. The number of carbonyl (C=O) groups is 1. The number of carbonyl (C=O) groups excluding carboxylic acids is 1. The summed E-state index contributed by atoms with van der Waals surface area (Å²) in [5.41, 5.74) is 2.66. The zero-order valence-corrected chi connectivity index (χ0v) is 16.3. The maximum absolute atomic E-state index is 11.4. The van der Waals surface area contributed by atoms with Crippen molar-refractivity contribution in [3.8, 4) is 0 Å². The van der Waals surface area contributed by atoms with Crippen molar-refractivity contribution in [1.29, 1.82) is 0 Å². The molecule has 1 nitrogen and oxygen atoms in total. The Balaban J connectivity index is 3.01. The van der Waals surface area contributed by atoms with Crippen LogP contribution in [-0.2, 0) is 4.79 Å². The highest BCUT2D eigenvalue weighted by atomic mass is 16.1. The predicted molar refractivity (Wildman–Crippen MR) is 105 cm³/mol. The molecule has 1 heteroatoms. The molecule has 134 valence electrons. The van der Waals surface area contributed by atoms with Crippen molar-refractivity contribution in [2.45, 2.75) is 79.1 Å². The van der Waals surface area contributed by atoms with Crippen LogP contribution in [0.5, 0.6) is 0 Å². The molecule has 0 amide bonds. The molecular weight excluding hydrogens is 292 g/mol. The SMILES string of the molecule is CCCC[C@@H](/C=C/[C@](C)(CCCC)[C@@H](C)C=O)c1ccc(C)cc1. The summed E-state index contributed by atoms with van der Waals surface area (Å²) in [6.45, 7) is 10.9. The molecule has 1 aromatic carbocycles. The second kappa shape index (κ2) is 10.5. The largest absolute Gasteiger partial charge is 0.303 e. The molecule has 0 aromatic heterocycles. The lowest BCUT2D eigenvalue weighted by Crippen LogP contribution is -2.24. The third kappa shape index (κ3) is 6.26. The van der Waals surface area contributed by atoms with Crippen LogP contribution < -0.4 is 0 Å². The van der Waals surface area contributed by atoms with Gasteiger partial charge >= 0.3 is 0 Å². The molecule has 0 heterocycles. The Labute approximate surface area is 149 Å². The summed E-state index contributed by atoms with van der Waals surface area (Å²) in [7, 11) is 0. The summed E-state index contributed by atoms with van der Waals surface area (Å²) in [5.74, 6) is 0.510. The van der Waals surface area contributed by atoms with Crippen LogP contribution in [-0.4, -0.2) is 6.29 Å². The molecule has 0 saturated carbocycles. The van der Waals surface area contributed by atoms with Crippen molar-refractivity contribution in [1.82, 2.24) is 0 Å². The highest BCUT2D eigenvalue weighted by Crippen LogP contribution is 2.36. The number of hydrogen-bond donors (Lipinski definition) is 0. The van der Waals surface area contributed by atoms with Crippen LogP contribution in [0.25, 0.3) is 0 Å². The summed E-state index contributed by atoms with van der Waals surface area (Å²) in [5, 5.41) is 0. The lowest BCUT2D eigenvalue weighted by molar-refractivity contribution is -0.113.